The highest BCUT2D eigenvalue weighted by Crippen LogP contribution is 2.23. The van der Waals surface area contributed by atoms with E-state index in [-0.39, 0.29) is 0 Å². The third kappa shape index (κ3) is 4.14. The molecule has 0 radical (unpaired) electrons. The van der Waals surface area contributed by atoms with E-state index in [1.807, 2.05) is 19.1 Å². The molecule has 1 N–H and O–H groups in total. The number of aryl methyl sites for hydroxylation is 1. The van der Waals surface area contributed by atoms with Gasteiger partial charge in [0.25, 0.3) is 0 Å². The van der Waals surface area contributed by atoms with E-state index in [1.54, 1.807) is 13.3 Å². The van der Waals surface area contributed by atoms with E-state index in [4.69, 9.17) is 4.74 Å². The van der Waals surface area contributed by atoms with Crippen LogP contribution < -0.4 is 10.1 Å². The van der Waals surface area contributed by atoms with Crippen LogP contribution in [-0.2, 0) is 6.42 Å². The van der Waals surface area contributed by atoms with Gasteiger partial charge in [-0.25, -0.2) is 15.0 Å². The summed E-state index contributed by atoms with van der Waals surface area (Å²) in [5.41, 5.74) is 1.99. The van der Waals surface area contributed by atoms with Gasteiger partial charge in [-0.3, -0.25) is 0 Å². The van der Waals surface area contributed by atoms with Gasteiger partial charge in [-0.1, -0.05) is 13.0 Å². The van der Waals surface area contributed by atoms with Gasteiger partial charge in [-0.2, -0.15) is 0 Å². The maximum atomic E-state index is 5.06. The van der Waals surface area contributed by atoms with Gasteiger partial charge < -0.3 is 10.1 Å². The number of pyridine rings is 1. The number of rotatable bonds is 6. The number of nitrogens with one attached hydrogen (secondary N) is 1. The molecule has 5 nitrogen and oxygen atoms in total. The molecule has 21 heavy (non-hydrogen) atoms. The van der Waals surface area contributed by atoms with Crippen LogP contribution in [0.5, 0.6) is 5.88 Å². The number of hydrogen-bond acceptors (Lipinski definition) is 5. The van der Waals surface area contributed by atoms with Crippen LogP contribution in [0.1, 0.15) is 30.4 Å². The summed E-state index contributed by atoms with van der Waals surface area (Å²) >= 11 is 3.53. The first-order valence-corrected chi connectivity index (χ1v) is 7.69. The van der Waals surface area contributed by atoms with Gasteiger partial charge in [0.1, 0.15) is 11.6 Å². The van der Waals surface area contributed by atoms with Crippen molar-refractivity contribution in [3.8, 4) is 5.88 Å². The molecule has 0 unspecified atom stereocenters. The standard InChI is InChI=1S/C15H19BrN4O/c1-4-7-17-15-14(16)10(2)19-12(20-15)8-11-5-6-13(21-3)18-9-11/h5-6,9H,4,7-8H2,1-3H3,(H,17,19,20). The van der Waals surface area contributed by atoms with E-state index in [1.165, 1.54) is 0 Å². The highest BCUT2D eigenvalue weighted by molar-refractivity contribution is 9.10. The minimum absolute atomic E-state index is 0.608. The Balaban J connectivity index is 2.20. The summed E-state index contributed by atoms with van der Waals surface area (Å²) in [5, 5.41) is 3.31. The van der Waals surface area contributed by atoms with E-state index in [0.717, 1.165) is 40.3 Å². The molecule has 112 valence electrons. The summed E-state index contributed by atoms with van der Waals surface area (Å²) < 4.78 is 5.98. The van der Waals surface area contributed by atoms with Crippen molar-refractivity contribution in [1.29, 1.82) is 0 Å². The Bertz CT molecular complexity index is 601. The second-order valence-electron chi connectivity index (χ2n) is 4.70. The summed E-state index contributed by atoms with van der Waals surface area (Å²) in [5.74, 6) is 2.24. The Hall–Kier alpha value is -1.69. The maximum absolute atomic E-state index is 5.06. The first-order valence-electron chi connectivity index (χ1n) is 6.89. The Kier molecular flexibility index (Phi) is 5.50. The van der Waals surface area contributed by atoms with Crippen LogP contribution in [0.3, 0.4) is 0 Å². The van der Waals surface area contributed by atoms with Gasteiger partial charge in [0.2, 0.25) is 5.88 Å². The average Bonchev–Trinajstić information content (AvgIpc) is 2.50. The molecule has 0 amide bonds. The van der Waals surface area contributed by atoms with Gasteiger partial charge in [0.05, 0.1) is 17.3 Å². The first kappa shape index (κ1) is 15.7. The van der Waals surface area contributed by atoms with Crippen molar-refractivity contribution in [2.45, 2.75) is 26.7 Å². The fourth-order valence-corrected chi connectivity index (χ4v) is 2.19. The number of methoxy groups -OCH3 is 1. The summed E-state index contributed by atoms with van der Waals surface area (Å²) in [6, 6.07) is 3.82. The van der Waals surface area contributed by atoms with Gasteiger partial charge in [-0.05, 0) is 34.8 Å². The SMILES string of the molecule is CCCNc1nc(Cc2ccc(OC)nc2)nc(C)c1Br. The largest absolute Gasteiger partial charge is 0.481 e. The quantitative estimate of drug-likeness (QED) is 0.865. The normalized spacial score (nSPS) is 10.5. The van der Waals surface area contributed by atoms with Crippen LogP contribution in [0.4, 0.5) is 5.82 Å². The molecule has 0 aliphatic heterocycles. The van der Waals surface area contributed by atoms with Crippen molar-refractivity contribution in [2.75, 3.05) is 19.0 Å². The van der Waals surface area contributed by atoms with E-state index in [2.05, 4.69) is 43.1 Å². The third-order valence-corrected chi connectivity index (χ3v) is 3.92. The van der Waals surface area contributed by atoms with Crippen molar-refractivity contribution < 1.29 is 4.74 Å². The van der Waals surface area contributed by atoms with Crippen molar-refractivity contribution in [2.24, 2.45) is 0 Å². The molecule has 2 aromatic heterocycles. The van der Waals surface area contributed by atoms with E-state index in [0.29, 0.717) is 12.3 Å². The average molecular weight is 351 g/mol. The predicted molar refractivity (Wildman–Crippen MR) is 86.8 cm³/mol. The summed E-state index contributed by atoms with van der Waals surface area (Å²) in [6.45, 7) is 4.98. The number of ether oxygens (including phenoxy) is 1. The second-order valence-corrected chi connectivity index (χ2v) is 5.49. The van der Waals surface area contributed by atoms with Gasteiger partial charge in [0.15, 0.2) is 0 Å². The Morgan fingerprint density at radius 3 is 2.71 bits per heavy atom. The molecule has 0 bridgehead atoms. The van der Waals surface area contributed by atoms with Crippen molar-refractivity contribution in [3.05, 3.63) is 39.9 Å². The first-order chi connectivity index (χ1) is 10.1. The van der Waals surface area contributed by atoms with Gasteiger partial charge in [-0.15, -0.1) is 0 Å². The van der Waals surface area contributed by atoms with Crippen LogP contribution in [0.25, 0.3) is 0 Å². The lowest BCUT2D eigenvalue weighted by atomic mass is 10.2. The number of halogens is 1. The Labute approximate surface area is 133 Å². The molecule has 0 spiro atoms. The molecule has 2 aromatic rings. The molecule has 0 aromatic carbocycles. The fourth-order valence-electron chi connectivity index (χ4n) is 1.88. The molecule has 0 aliphatic carbocycles. The summed E-state index contributed by atoms with van der Waals surface area (Å²) in [6.07, 6.45) is 3.48. The smallest absolute Gasteiger partial charge is 0.212 e. The third-order valence-electron chi connectivity index (χ3n) is 2.97. The lowest BCUT2D eigenvalue weighted by molar-refractivity contribution is 0.397. The molecule has 0 aliphatic rings. The maximum Gasteiger partial charge on any atom is 0.212 e. The molecular weight excluding hydrogens is 332 g/mol. The monoisotopic (exact) mass is 350 g/mol. The molecule has 0 saturated carbocycles. The molecule has 2 rings (SSSR count). The number of nitrogens with zero attached hydrogens (tertiary/aromatic N) is 3. The molecule has 2 heterocycles. The summed E-state index contributed by atoms with van der Waals surface area (Å²) in [4.78, 5) is 13.3. The van der Waals surface area contributed by atoms with Crippen LogP contribution in [0.2, 0.25) is 0 Å². The van der Waals surface area contributed by atoms with Crippen LogP contribution >= 0.6 is 15.9 Å². The Morgan fingerprint density at radius 1 is 1.29 bits per heavy atom. The van der Waals surface area contributed by atoms with E-state index in [9.17, 15) is 0 Å². The minimum atomic E-state index is 0.608. The molecule has 0 fully saturated rings. The number of aromatic nitrogens is 3. The molecule has 0 saturated heterocycles. The molecule has 0 atom stereocenters. The van der Waals surface area contributed by atoms with Crippen molar-refractivity contribution in [3.63, 3.8) is 0 Å². The highest BCUT2D eigenvalue weighted by Gasteiger charge is 2.09. The summed E-state index contributed by atoms with van der Waals surface area (Å²) in [7, 11) is 1.61. The van der Waals surface area contributed by atoms with Crippen molar-refractivity contribution in [1.82, 2.24) is 15.0 Å². The number of anilines is 1. The molecular formula is C15H19BrN4O. The fraction of sp³-hybridized carbons (Fsp3) is 0.400. The van der Waals surface area contributed by atoms with Gasteiger partial charge >= 0.3 is 0 Å². The van der Waals surface area contributed by atoms with Crippen molar-refractivity contribution >= 4 is 21.7 Å². The zero-order chi connectivity index (χ0) is 15.2. The minimum Gasteiger partial charge on any atom is -0.481 e. The zero-order valence-corrected chi connectivity index (χ0v) is 14.1. The van der Waals surface area contributed by atoms with Crippen LogP contribution in [-0.4, -0.2) is 28.6 Å². The lowest BCUT2D eigenvalue weighted by Crippen LogP contribution is -2.08. The van der Waals surface area contributed by atoms with Crippen LogP contribution in [0, 0.1) is 6.92 Å². The van der Waals surface area contributed by atoms with Gasteiger partial charge in [0, 0.05) is 25.2 Å². The highest BCUT2D eigenvalue weighted by atomic mass is 79.9. The molecule has 6 heteroatoms. The number of hydrogen-bond donors (Lipinski definition) is 1. The predicted octanol–water partition coefficient (Wildman–Crippen LogP) is 3.36. The lowest BCUT2D eigenvalue weighted by Gasteiger charge is -2.10. The zero-order valence-electron chi connectivity index (χ0n) is 12.5. The van der Waals surface area contributed by atoms with E-state index >= 15 is 0 Å². The van der Waals surface area contributed by atoms with E-state index < -0.39 is 0 Å². The Morgan fingerprint density at radius 2 is 2.10 bits per heavy atom. The topological polar surface area (TPSA) is 59.9 Å². The second kappa shape index (κ2) is 7.36. The van der Waals surface area contributed by atoms with Crippen LogP contribution in [0.15, 0.2) is 22.8 Å².